The van der Waals surface area contributed by atoms with Gasteiger partial charge in [0.1, 0.15) is 0 Å². The zero-order valence-electron chi connectivity index (χ0n) is 12.0. The number of hydrogen-bond donors (Lipinski definition) is 1. The van der Waals surface area contributed by atoms with Crippen LogP contribution in [0.5, 0.6) is 5.75 Å². The van der Waals surface area contributed by atoms with E-state index in [0.29, 0.717) is 31.5 Å². The maximum atomic E-state index is 13.6. The Morgan fingerprint density at radius 3 is 2.57 bits per heavy atom. The number of carbonyl (C=O) groups excluding carboxylic acids is 2. The van der Waals surface area contributed by atoms with Crippen LogP contribution in [0.1, 0.15) is 18.4 Å². The third kappa shape index (κ3) is 3.71. The number of nitrogens with two attached hydrogens (primary N) is 1. The van der Waals surface area contributed by atoms with Gasteiger partial charge in [-0.25, -0.2) is 4.39 Å². The molecule has 0 aliphatic carbocycles. The fraction of sp³-hybridized carbons (Fsp3) is 0.467. The number of ether oxygens (including phenoxy) is 1. The molecule has 6 heteroatoms. The fourth-order valence-corrected chi connectivity index (χ4v) is 2.52. The topological polar surface area (TPSA) is 72.6 Å². The SMILES string of the molecule is COc1ccc(CC(=O)N2CCC(C(N)=O)CC2)cc1F. The highest BCUT2D eigenvalue weighted by molar-refractivity contribution is 5.80. The summed E-state index contributed by atoms with van der Waals surface area (Å²) in [5.74, 6) is -0.835. The Balaban J connectivity index is 1.93. The van der Waals surface area contributed by atoms with E-state index in [1.807, 2.05) is 0 Å². The van der Waals surface area contributed by atoms with Crippen LogP contribution in [0.4, 0.5) is 4.39 Å². The summed E-state index contributed by atoms with van der Waals surface area (Å²) in [5, 5.41) is 0. The number of halogens is 1. The summed E-state index contributed by atoms with van der Waals surface area (Å²) in [7, 11) is 1.39. The Hall–Kier alpha value is -2.11. The van der Waals surface area contributed by atoms with Crippen LogP contribution in [0, 0.1) is 11.7 Å². The largest absolute Gasteiger partial charge is 0.494 e. The molecule has 0 unspecified atom stereocenters. The molecule has 114 valence electrons. The lowest BCUT2D eigenvalue weighted by molar-refractivity contribution is -0.134. The van der Waals surface area contributed by atoms with Gasteiger partial charge in [0.05, 0.1) is 13.5 Å². The number of hydrogen-bond acceptors (Lipinski definition) is 3. The van der Waals surface area contributed by atoms with Crippen LogP contribution in [-0.2, 0) is 16.0 Å². The first kappa shape index (κ1) is 15.3. The molecule has 0 spiro atoms. The maximum absolute atomic E-state index is 13.6. The lowest BCUT2D eigenvalue weighted by Crippen LogP contribution is -2.42. The summed E-state index contributed by atoms with van der Waals surface area (Å²) >= 11 is 0. The number of piperidine rings is 1. The van der Waals surface area contributed by atoms with Crippen molar-refractivity contribution in [1.82, 2.24) is 4.90 Å². The first-order chi connectivity index (χ1) is 10.0. The molecule has 1 aromatic rings. The number of carbonyl (C=O) groups is 2. The van der Waals surface area contributed by atoms with Crippen molar-refractivity contribution in [2.75, 3.05) is 20.2 Å². The van der Waals surface area contributed by atoms with E-state index in [0.717, 1.165) is 0 Å². The highest BCUT2D eigenvalue weighted by Crippen LogP contribution is 2.20. The Morgan fingerprint density at radius 2 is 2.05 bits per heavy atom. The van der Waals surface area contributed by atoms with Gasteiger partial charge >= 0.3 is 0 Å². The van der Waals surface area contributed by atoms with Crippen LogP contribution in [0.25, 0.3) is 0 Å². The van der Waals surface area contributed by atoms with Crippen LogP contribution in [0.15, 0.2) is 18.2 Å². The van der Waals surface area contributed by atoms with E-state index in [1.54, 1.807) is 11.0 Å². The number of primary amides is 1. The highest BCUT2D eigenvalue weighted by Gasteiger charge is 2.25. The molecule has 1 heterocycles. The van der Waals surface area contributed by atoms with E-state index in [9.17, 15) is 14.0 Å². The first-order valence-electron chi connectivity index (χ1n) is 6.90. The second-order valence-corrected chi connectivity index (χ2v) is 5.20. The number of methoxy groups -OCH3 is 1. The summed E-state index contributed by atoms with van der Waals surface area (Å²) < 4.78 is 18.4. The number of likely N-dealkylation sites (tertiary alicyclic amines) is 1. The average molecular weight is 294 g/mol. The minimum Gasteiger partial charge on any atom is -0.494 e. The van der Waals surface area contributed by atoms with Crippen LogP contribution >= 0.6 is 0 Å². The van der Waals surface area contributed by atoms with E-state index < -0.39 is 5.82 Å². The maximum Gasteiger partial charge on any atom is 0.226 e. The van der Waals surface area contributed by atoms with Crippen molar-refractivity contribution in [1.29, 1.82) is 0 Å². The fourth-order valence-electron chi connectivity index (χ4n) is 2.52. The monoisotopic (exact) mass is 294 g/mol. The van der Waals surface area contributed by atoms with Gasteiger partial charge in [-0.2, -0.15) is 0 Å². The van der Waals surface area contributed by atoms with Crippen molar-refractivity contribution in [3.05, 3.63) is 29.6 Å². The van der Waals surface area contributed by atoms with Gasteiger partial charge in [0.2, 0.25) is 11.8 Å². The summed E-state index contributed by atoms with van der Waals surface area (Å²) in [6.45, 7) is 1.04. The van der Waals surface area contributed by atoms with Crippen molar-refractivity contribution in [3.63, 3.8) is 0 Å². The van der Waals surface area contributed by atoms with Gasteiger partial charge in [0.25, 0.3) is 0 Å². The number of rotatable bonds is 4. The predicted molar refractivity (Wildman–Crippen MR) is 75.2 cm³/mol. The molecular formula is C15H19FN2O3. The van der Waals surface area contributed by atoms with Gasteiger partial charge in [-0.1, -0.05) is 6.07 Å². The van der Waals surface area contributed by atoms with E-state index in [2.05, 4.69) is 0 Å². The summed E-state index contributed by atoms with van der Waals surface area (Å²) in [6, 6.07) is 4.50. The molecule has 1 fully saturated rings. The quantitative estimate of drug-likeness (QED) is 0.904. The third-order valence-corrected chi connectivity index (χ3v) is 3.82. The van der Waals surface area contributed by atoms with Gasteiger partial charge in [-0.3, -0.25) is 9.59 Å². The van der Waals surface area contributed by atoms with Crippen LogP contribution in [0.3, 0.4) is 0 Å². The minimum absolute atomic E-state index is 0.0671. The normalized spacial score (nSPS) is 15.8. The molecular weight excluding hydrogens is 275 g/mol. The molecule has 2 N–H and O–H groups in total. The zero-order valence-corrected chi connectivity index (χ0v) is 12.0. The highest BCUT2D eigenvalue weighted by atomic mass is 19.1. The van der Waals surface area contributed by atoms with E-state index in [-0.39, 0.29) is 29.9 Å². The average Bonchev–Trinajstić information content (AvgIpc) is 2.47. The van der Waals surface area contributed by atoms with E-state index in [1.165, 1.54) is 19.2 Å². The van der Waals surface area contributed by atoms with Crippen molar-refractivity contribution in [2.24, 2.45) is 11.7 Å². The Labute approximate surface area is 122 Å². The summed E-state index contributed by atoms with van der Waals surface area (Å²) in [6.07, 6.45) is 1.33. The van der Waals surface area contributed by atoms with Gasteiger partial charge in [0, 0.05) is 19.0 Å². The first-order valence-corrected chi connectivity index (χ1v) is 6.90. The lowest BCUT2D eigenvalue weighted by atomic mass is 9.96. The molecule has 0 saturated carbocycles. The Bertz CT molecular complexity index is 540. The molecule has 0 bridgehead atoms. The molecule has 1 aliphatic rings. The van der Waals surface area contributed by atoms with Crippen molar-refractivity contribution in [2.45, 2.75) is 19.3 Å². The lowest BCUT2D eigenvalue weighted by Gasteiger charge is -2.30. The summed E-state index contributed by atoms with van der Waals surface area (Å²) in [4.78, 5) is 24.9. The molecule has 0 atom stereocenters. The van der Waals surface area contributed by atoms with Crippen molar-refractivity contribution in [3.8, 4) is 5.75 Å². The molecule has 1 aromatic carbocycles. The second kappa shape index (κ2) is 6.56. The molecule has 21 heavy (non-hydrogen) atoms. The van der Waals surface area contributed by atoms with Gasteiger partial charge in [0.15, 0.2) is 11.6 Å². The molecule has 0 radical (unpaired) electrons. The third-order valence-electron chi connectivity index (χ3n) is 3.82. The van der Waals surface area contributed by atoms with Crippen molar-refractivity contribution >= 4 is 11.8 Å². The van der Waals surface area contributed by atoms with Crippen LogP contribution < -0.4 is 10.5 Å². The van der Waals surface area contributed by atoms with Crippen molar-refractivity contribution < 1.29 is 18.7 Å². The molecule has 2 rings (SSSR count). The summed E-state index contributed by atoms with van der Waals surface area (Å²) in [5.41, 5.74) is 5.87. The number of amides is 2. The molecule has 5 nitrogen and oxygen atoms in total. The van der Waals surface area contributed by atoms with Crippen LogP contribution in [-0.4, -0.2) is 36.9 Å². The molecule has 0 aromatic heterocycles. The number of benzene rings is 1. The second-order valence-electron chi connectivity index (χ2n) is 5.20. The zero-order chi connectivity index (χ0) is 15.4. The predicted octanol–water partition coefficient (Wildman–Crippen LogP) is 1.10. The van der Waals surface area contributed by atoms with E-state index >= 15 is 0 Å². The molecule has 1 saturated heterocycles. The Morgan fingerprint density at radius 1 is 1.38 bits per heavy atom. The van der Waals surface area contributed by atoms with Gasteiger partial charge in [-0.05, 0) is 30.5 Å². The van der Waals surface area contributed by atoms with Gasteiger partial charge < -0.3 is 15.4 Å². The molecule has 1 aliphatic heterocycles. The van der Waals surface area contributed by atoms with E-state index in [4.69, 9.17) is 10.5 Å². The standard InChI is InChI=1S/C15H19FN2O3/c1-21-13-3-2-10(8-12(13)16)9-14(19)18-6-4-11(5-7-18)15(17)20/h2-3,8,11H,4-7,9H2,1H3,(H2,17,20). The molecule has 2 amide bonds. The Kier molecular flexibility index (Phi) is 4.77. The minimum atomic E-state index is -0.477. The number of nitrogens with zero attached hydrogens (tertiary/aromatic N) is 1. The van der Waals surface area contributed by atoms with Gasteiger partial charge in [-0.15, -0.1) is 0 Å². The smallest absolute Gasteiger partial charge is 0.226 e. The van der Waals surface area contributed by atoms with Crippen LogP contribution in [0.2, 0.25) is 0 Å².